The zero-order valence-electron chi connectivity index (χ0n) is 21.0. The van der Waals surface area contributed by atoms with Crippen LogP contribution in [0.2, 0.25) is 5.02 Å². The molecule has 0 saturated heterocycles. The highest BCUT2D eigenvalue weighted by molar-refractivity contribution is 7.72. The minimum atomic E-state index is -0.370. The molecule has 0 fully saturated rings. The topological polar surface area (TPSA) is 91.5 Å². The normalized spacial score (nSPS) is 14.0. The molecule has 3 aromatic heterocycles. The fourth-order valence-electron chi connectivity index (χ4n) is 5.46. The Kier molecular flexibility index (Phi) is 5.81. The molecule has 0 radical (unpaired) electrons. The van der Waals surface area contributed by atoms with E-state index in [1.807, 2.05) is 79.7 Å². The molecule has 4 heterocycles. The predicted molar refractivity (Wildman–Crippen MR) is 160 cm³/mol. The zero-order chi connectivity index (χ0) is 27.5. The van der Waals surface area contributed by atoms with Crippen LogP contribution in [0.15, 0.2) is 78.9 Å². The average molecular weight is 582 g/mol. The number of rotatable bonds is 3. The van der Waals surface area contributed by atoms with Crippen LogP contribution in [0.1, 0.15) is 38.8 Å². The number of halogens is 1. The lowest BCUT2D eigenvalue weighted by atomic mass is 9.85. The SMILES string of the molecule is Cc1nn(C(=O)c2[nH]c3ccc(Cl)cc3c2-c2ccccc2)c2c1C(c1ccccc1)c1c([nH]c(=S)[nH]c1=S)O2. The van der Waals surface area contributed by atoms with Crippen molar-refractivity contribution in [3.8, 4) is 22.9 Å². The summed E-state index contributed by atoms with van der Waals surface area (Å²) in [5.41, 5.74) is 5.91. The molecule has 0 spiro atoms. The van der Waals surface area contributed by atoms with E-state index in [4.69, 9.17) is 45.9 Å². The van der Waals surface area contributed by atoms with Gasteiger partial charge in [-0.1, -0.05) is 84.5 Å². The smallest absolute Gasteiger partial charge is 0.298 e. The summed E-state index contributed by atoms with van der Waals surface area (Å²) in [5.74, 6) is -0.000688. The van der Waals surface area contributed by atoms with Crippen LogP contribution in [0.25, 0.3) is 22.0 Å². The van der Waals surface area contributed by atoms with Gasteiger partial charge >= 0.3 is 0 Å². The minimum absolute atomic E-state index is 0.311. The molecule has 3 N–H and O–H groups in total. The summed E-state index contributed by atoms with van der Waals surface area (Å²) in [4.78, 5) is 23.8. The number of aromatic nitrogens is 5. The molecule has 10 heteroatoms. The number of benzene rings is 3. The van der Waals surface area contributed by atoms with Gasteiger partial charge in [-0.2, -0.15) is 9.78 Å². The lowest BCUT2D eigenvalue weighted by Gasteiger charge is -2.26. The lowest BCUT2D eigenvalue weighted by molar-refractivity contribution is 0.0931. The van der Waals surface area contributed by atoms with Crippen LogP contribution in [0, 0.1) is 16.3 Å². The van der Waals surface area contributed by atoms with Crippen molar-refractivity contribution in [1.82, 2.24) is 24.7 Å². The third-order valence-corrected chi connectivity index (χ3v) is 7.91. The van der Waals surface area contributed by atoms with Crippen LogP contribution in [-0.2, 0) is 0 Å². The number of carbonyl (C=O) groups is 1. The van der Waals surface area contributed by atoms with Crippen molar-refractivity contribution in [2.24, 2.45) is 0 Å². The van der Waals surface area contributed by atoms with Crippen molar-refractivity contribution in [2.45, 2.75) is 12.8 Å². The van der Waals surface area contributed by atoms with E-state index >= 15 is 0 Å². The van der Waals surface area contributed by atoms with Crippen molar-refractivity contribution in [1.29, 1.82) is 0 Å². The van der Waals surface area contributed by atoms with Crippen molar-refractivity contribution >= 4 is 52.8 Å². The van der Waals surface area contributed by atoms with E-state index in [0.29, 0.717) is 37.6 Å². The van der Waals surface area contributed by atoms with E-state index in [0.717, 1.165) is 38.7 Å². The summed E-state index contributed by atoms with van der Waals surface area (Å²) in [6.07, 6.45) is 0. The Hall–Kier alpha value is -4.31. The molecule has 1 aliphatic rings. The van der Waals surface area contributed by atoms with Gasteiger partial charge in [0, 0.05) is 27.4 Å². The molecule has 7 nitrogen and oxygen atoms in total. The molecule has 3 aromatic carbocycles. The van der Waals surface area contributed by atoms with Crippen LogP contribution >= 0.6 is 36.0 Å². The van der Waals surface area contributed by atoms with Gasteiger partial charge in [-0.05, 0) is 48.5 Å². The Bertz CT molecular complexity index is 2080. The standard InChI is InChI=1S/C30H20ClN5O2S2/c1-15-21-23(17-10-6-3-7-11-17)24-26(33-30(40)34-27(24)39)38-29(21)36(35-15)28(37)25-22(16-8-4-2-5-9-16)19-14-18(31)12-13-20(19)32-25/h2-14,23,32H,1H3,(H2,33,34,39,40). The van der Waals surface area contributed by atoms with E-state index in [1.165, 1.54) is 4.68 Å². The second-order valence-electron chi connectivity index (χ2n) is 9.55. The molecule has 0 aliphatic carbocycles. The van der Waals surface area contributed by atoms with Gasteiger partial charge in [0.15, 0.2) is 4.77 Å². The first-order valence-corrected chi connectivity index (χ1v) is 13.7. The van der Waals surface area contributed by atoms with E-state index in [9.17, 15) is 4.79 Å². The molecule has 0 bridgehead atoms. The number of hydrogen-bond donors (Lipinski definition) is 3. The summed E-state index contributed by atoms with van der Waals surface area (Å²) >= 11 is 17.4. The van der Waals surface area contributed by atoms with Gasteiger partial charge in [-0.25, -0.2) is 0 Å². The number of aryl methyl sites for hydroxylation is 1. The van der Waals surface area contributed by atoms with Crippen LogP contribution in [0.4, 0.5) is 0 Å². The molecule has 6 aromatic rings. The van der Waals surface area contributed by atoms with E-state index in [2.05, 4.69) is 15.0 Å². The van der Waals surface area contributed by atoms with Gasteiger partial charge in [0.1, 0.15) is 10.3 Å². The van der Waals surface area contributed by atoms with Gasteiger partial charge in [-0.15, -0.1) is 0 Å². The number of hydrogen-bond acceptors (Lipinski definition) is 5. The number of H-pyrrole nitrogens is 3. The molecule has 1 unspecified atom stereocenters. The number of ether oxygens (including phenoxy) is 1. The van der Waals surface area contributed by atoms with Crippen LogP contribution in [-0.4, -0.2) is 30.6 Å². The van der Waals surface area contributed by atoms with Gasteiger partial charge < -0.3 is 19.7 Å². The summed E-state index contributed by atoms with van der Waals surface area (Å²) < 4.78 is 8.47. The Balaban J connectivity index is 1.47. The maximum Gasteiger partial charge on any atom is 0.298 e. The lowest BCUT2D eigenvalue weighted by Crippen LogP contribution is -2.20. The van der Waals surface area contributed by atoms with E-state index in [1.54, 1.807) is 6.07 Å². The first kappa shape index (κ1) is 24.7. The van der Waals surface area contributed by atoms with Crippen molar-refractivity contribution in [2.75, 3.05) is 0 Å². The molecule has 40 heavy (non-hydrogen) atoms. The first-order chi connectivity index (χ1) is 19.4. The van der Waals surface area contributed by atoms with Crippen molar-refractivity contribution < 1.29 is 9.53 Å². The molecule has 0 saturated carbocycles. The average Bonchev–Trinajstić information content (AvgIpc) is 3.49. The maximum absolute atomic E-state index is 14.4. The molecule has 1 aliphatic heterocycles. The summed E-state index contributed by atoms with van der Waals surface area (Å²) in [5, 5.41) is 6.13. The number of carbonyl (C=O) groups excluding carboxylic acids is 1. The van der Waals surface area contributed by atoms with Crippen molar-refractivity contribution in [3.63, 3.8) is 0 Å². The highest BCUT2D eigenvalue weighted by Gasteiger charge is 2.38. The minimum Gasteiger partial charge on any atom is -0.422 e. The number of nitrogens with one attached hydrogen (secondary N) is 3. The van der Waals surface area contributed by atoms with Gasteiger partial charge in [0.05, 0.1) is 16.8 Å². The van der Waals surface area contributed by atoms with E-state index < -0.39 is 0 Å². The summed E-state index contributed by atoms with van der Waals surface area (Å²) in [7, 11) is 0. The summed E-state index contributed by atoms with van der Waals surface area (Å²) in [6, 6.07) is 25.2. The predicted octanol–water partition coefficient (Wildman–Crippen LogP) is 8.08. The molecular weight excluding hydrogens is 562 g/mol. The van der Waals surface area contributed by atoms with Gasteiger partial charge in [0.25, 0.3) is 5.91 Å². The maximum atomic E-state index is 14.4. The Labute approximate surface area is 243 Å². The monoisotopic (exact) mass is 581 g/mol. The van der Waals surface area contributed by atoms with Crippen molar-refractivity contribution in [3.05, 3.63) is 121 Å². The fourth-order valence-corrected chi connectivity index (χ4v) is 6.20. The largest absolute Gasteiger partial charge is 0.422 e. The van der Waals surface area contributed by atoms with Crippen LogP contribution in [0.3, 0.4) is 0 Å². The van der Waals surface area contributed by atoms with Gasteiger partial charge in [-0.3, -0.25) is 4.79 Å². The Morgan fingerprint density at radius 1 is 0.950 bits per heavy atom. The third-order valence-electron chi connectivity index (χ3n) is 7.14. The number of aromatic amines is 3. The Morgan fingerprint density at radius 3 is 2.42 bits per heavy atom. The van der Waals surface area contributed by atoms with E-state index in [-0.39, 0.29) is 11.8 Å². The highest BCUT2D eigenvalue weighted by Crippen LogP contribution is 2.48. The molecule has 196 valence electrons. The summed E-state index contributed by atoms with van der Waals surface area (Å²) in [6.45, 7) is 1.87. The molecule has 1 atom stereocenters. The van der Waals surface area contributed by atoms with Crippen LogP contribution < -0.4 is 4.74 Å². The Morgan fingerprint density at radius 2 is 1.68 bits per heavy atom. The molecular formula is C30H20ClN5O2S2. The molecule has 0 amide bonds. The number of fused-ring (bicyclic) bond motifs is 3. The van der Waals surface area contributed by atoms with Gasteiger partial charge in [0.2, 0.25) is 11.8 Å². The van der Waals surface area contributed by atoms with Crippen LogP contribution in [0.5, 0.6) is 11.8 Å². The first-order valence-electron chi connectivity index (χ1n) is 12.5. The second-order valence-corrected chi connectivity index (χ2v) is 10.8. The third kappa shape index (κ3) is 3.85. The second kappa shape index (κ2) is 9.41. The fraction of sp³-hybridized carbons (Fsp3) is 0.0667. The molecule has 7 rings (SSSR count). The number of nitrogens with zero attached hydrogens (tertiary/aromatic N) is 2. The quantitative estimate of drug-likeness (QED) is 0.183. The zero-order valence-corrected chi connectivity index (χ0v) is 23.4. The highest BCUT2D eigenvalue weighted by atomic mass is 35.5.